The van der Waals surface area contributed by atoms with Crippen molar-refractivity contribution in [1.82, 2.24) is 13.7 Å². The van der Waals surface area contributed by atoms with Crippen LogP contribution in [0.5, 0.6) is 0 Å². The molecular weight excluding hydrogens is 691 g/mol. The topological polar surface area (TPSA) is 14.8 Å². The van der Waals surface area contributed by atoms with Gasteiger partial charge in [-0.25, -0.2) is 0 Å². The molecule has 0 bridgehead atoms. The van der Waals surface area contributed by atoms with Gasteiger partial charge in [-0.1, -0.05) is 139 Å². The number of fused-ring (bicyclic) bond motifs is 9. The molecule has 9 aromatic carbocycles. The van der Waals surface area contributed by atoms with Crippen LogP contribution < -0.4 is 0 Å². The molecule has 0 aliphatic heterocycles. The quantitative estimate of drug-likeness (QED) is 0.167. The average molecular weight is 747 g/mol. The summed E-state index contributed by atoms with van der Waals surface area (Å²) in [5.41, 5.74) is -1.33. The molecular formula is C54H35N3. The summed E-state index contributed by atoms with van der Waals surface area (Å²) in [5, 5.41) is -1.85. The molecule has 0 saturated heterocycles. The molecule has 3 nitrogen and oxygen atoms in total. The summed E-state index contributed by atoms with van der Waals surface area (Å²) < 4.78 is 199. The number of rotatable bonds is 5. The molecule has 0 aliphatic carbocycles. The molecule has 0 amide bonds. The lowest BCUT2D eigenvalue weighted by molar-refractivity contribution is 1.13. The van der Waals surface area contributed by atoms with Gasteiger partial charge in [0.15, 0.2) is 0 Å². The van der Waals surface area contributed by atoms with Gasteiger partial charge in [-0.05, 0) is 94.9 Å². The van der Waals surface area contributed by atoms with Crippen LogP contribution in [0.25, 0.3) is 105 Å². The van der Waals surface area contributed by atoms with Crippen LogP contribution in [0.2, 0.25) is 0 Å². The van der Waals surface area contributed by atoms with Crippen LogP contribution in [-0.2, 0) is 0 Å². The van der Waals surface area contributed by atoms with Gasteiger partial charge in [0.25, 0.3) is 0 Å². The number of hydrogen-bond donors (Lipinski definition) is 0. The van der Waals surface area contributed by atoms with Crippen molar-refractivity contribution in [2.24, 2.45) is 0 Å². The zero-order valence-corrected chi connectivity index (χ0v) is 29.4. The van der Waals surface area contributed by atoms with E-state index in [4.69, 9.17) is 9.60 Å². The lowest BCUT2D eigenvalue weighted by Crippen LogP contribution is -2.00. The molecule has 0 unspecified atom stereocenters. The van der Waals surface area contributed by atoms with E-state index < -0.39 is 166 Å². The summed E-state index contributed by atoms with van der Waals surface area (Å²) in [6.07, 6.45) is 0. The van der Waals surface area contributed by atoms with E-state index in [1.54, 1.807) is 48.5 Å². The predicted octanol–water partition coefficient (Wildman–Crippen LogP) is 14.3. The predicted molar refractivity (Wildman–Crippen MR) is 240 cm³/mol. The summed E-state index contributed by atoms with van der Waals surface area (Å²) in [7, 11) is 0. The lowest BCUT2D eigenvalue weighted by atomic mass is 10.0. The van der Waals surface area contributed by atoms with Crippen LogP contribution in [0, 0.1) is 0 Å². The Kier molecular flexibility index (Phi) is 3.81. The monoisotopic (exact) mass is 746 g/mol. The van der Waals surface area contributed by atoms with Gasteiger partial charge in [0.2, 0.25) is 0 Å². The fraction of sp³-hybridized carbons (Fsp3) is 0. The van der Waals surface area contributed by atoms with E-state index in [9.17, 15) is 19.2 Å². The van der Waals surface area contributed by atoms with Crippen LogP contribution in [-0.4, -0.2) is 13.7 Å². The Bertz CT molecular complexity index is 4740. The van der Waals surface area contributed by atoms with Crippen LogP contribution >= 0.6 is 0 Å². The maximum atomic E-state index is 10.1. The van der Waals surface area contributed by atoms with Crippen molar-refractivity contribution >= 4 is 65.4 Å². The first-order chi connectivity index (χ1) is 37.1. The van der Waals surface area contributed by atoms with Gasteiger partial charge in [-0.15, -0.1) is 0 Å². The second kappa shape index (κ2) is 12.5. The van der Waals surface area contributed by atoms with E-state index in [2.05, 4.69) is 0 Å². The molecule has 266 valence electrons. The summed E-state index contributed by atoms with van der Waals surface area (Å²) >= 11 is 0. The van der Waals surface area contributed by atoms with Crippen molar-refractivity contribution in [2.75, 3.05) is 0 Å². The fourth-order valence-electron chi connectivity index (χ4n) is 7.77. The molecule has 12 aromatic rings. The van der Waals surface area contributed by atoms with Gasteiger partial charge >= 0.3 is 0 Å². The van der Waals surface area contributed by atoms with Crippen LogP contribution in [0.3, 0.4) is 0 Å². The zero-order chi connectivity index (χ0) is 55.7. The highest BCUT2D eigenvalue weighted by molar-refractivity contribution is 6.16. The molecule has 0 radical (unpaired) electrons. The molecule has 3 heteroatoms. The lowest BCUT2D eigenvalue weighted by Gasteiger charge is -2.14. The largest absolute Gasteiger partial charge is 0.309 e. The average Bonchev–Trinajstić information content (AvgIpc) is 3.65. The molecule has 0 atom stereocenters. The molecule has 0 aliphatic rings. The van der Waals surface area contributed by atoms with Crippen molar-refractivity contribution in [3.8, 4) is 39.3 Å². The third-order valence-electron chi connectivity index (χ3n) is 10.2. The van der Waals surface area contributed by atoms with Gasteiger partial charge in [-0.2, -0.15) is 0 Å². The fourth-order valence-corrected chi connectivity index (χ4v) is 7.77. The molecule has 12 rings (SSSR count). The third kappa shape index (κ3) is 4.79. The Morgan fingerprint density at radius 3 is 1.47 bits per heavy atom. The summed E-state index contributed by atoms with van der Waals surface area (Å²) in [6, 6.07) is 9.43. The highest BCUT2D eigenvalue weighted by atomic mass is 15.1. The molecule has 3 heterocycles. The highest BCUT2D eigenvalue weighted by Gasteiger charge is 2.21. The second-order valence-electron chi connectivity index (χ2n) is 13.3. The Morgan fingerprint density at radius 1 is 0.316 bits per heavy atom. The third-order valence-corrected chi connectivity index (χ3v) is 10.2. The van der Waals surface area contributed by atoms with E-state index in [0.717, 1.165) is 10.1 Å². The van der Waals surface area contributed by atoms with Gasteiger partial charge in [0.1, 0.15) is 0 Å². The molecule has 0 fully saturated rings. The first kappa shape index (κ1) is 17.5. The minimum Gasteiger partial charge on any atom is -0.309 e. The minimum atomic E-state index is -0.872. The maximum absolute atomic E-state index is 10.1. The van der Waals surface area contributed by atoms with E-state index in [-0.39, 0.29) is 49.3 Å². The van der Waals surface area contributed by atoms with Gasteiger partial charge in [0, 0.05) is 43.7 Å². The number of benzene rings is 9. The van der Waals surface area contributed by atoms with Crippen molar-refractivity contribution in [1.29, 1.82) is 0 Å². The summed E-state index contributed by atoms with van der Waals surface area (Å²) in [5.74, 6) is 0. The summed E-state index contributed by atoms with van der Waals surface area (Å²) in [6.45, 7) is 0. The molecule has 0 N–H and O–H groups in total. The Morgan fingerprint density at radius 2 is 0.807 bits per heavy atom. The van der Waals surface area contributed by atoms with Crippen molar-refractivity contribution < 1.29 is 28.8 Å². The first-order valence-corrected chi connectivity index (χ1v) is 17.9. The Hall–Kier alpha value is -7.62. The number of aromatic nitrogens is 3. The number of para-hydroxylation sites is 5. The first-order valence-electron chi connectivity index (χ1n) is 28.4. The summed E-state index contributed by atoms with van der Waals surface area (Å²) in [4.78, 5) is 0. The second-order valence-corrected chi connectivity index (χ2v) is 13.3. The van der Waals surface area contributed by atoms with E-state index in [0.29, 0.717) is 11.3 Å². The van der Waals surface area contributed by atoms with E-state index >= 15 is 0 Å². The Balaban J connectivity index is 1.28. The van der Waals surface area contributed by atoms with Crippen molar-refractivity contribution in [3.63, 3.8) is 0 Å². The van der Waals surface area contributed by atoms with Crippen LogP contribution in [0.15, 0.2) is 212 Å². The van der Waals surface area contributed by atoms with Gasteiger partial charge in [0.05, 0.1) is 67.6 Å². The molecule has 0 spiro atoms. The standard InChI is InChI=1S/C54H35N3/c1-3-15-36(16-4-1)37-17-13-20-41(33-37)55-48-25-10-8-22-43(48)46-34-38(29-31-51(46)55)39-30-32-52-47(35-39)44-23-9-12-27-50(44)57(52)53-28-14-24-45-42-21-7-11-26-49(42)56(54(45)53)40-18-5-2-6-19-40/h1-35H/i7D,8D,9D,10D,11D,12D,14D,21D,22D,23D,24D,25D,26D,27D,28D,29D,30D,31D,32D,34D,35D. The SMILES string of the molecule is [2H]c1c([2H])c([2H])c2c(c1[2H])c1c([2H])c(-c3c([2H])c([2H])c4c(c3[2H])c3c([2H])c([2H])c([2H])c([2H])c3n4-c3c([2H])c([2H])c([2H])c4c5c([2H])c([2H])c([2H])c([2H])c5n(-c5ccccc5)c34)c([2H])c([2H])c1n2-c1cccc(-c2ccccc2)c1. The maximum Gasteiger partial charge on any atom is 0.0782 e. The van der Waals surface area contributed by atoms with Crippen molar-refractivity contribution in [3.05, 3.63) is 212 Å². The van der Waals surface area contributed by atoms with Crippen LogP contribution in [0.4, 0.5) is 0 Å². The molecule has 0 saturated carbocycles. The molecule has 3 aromatic heterocycles. The molecule has 57 heavy (non-hydrogen) atoms. The number of nitrogens with zero attached hydrogens (tertiary/aromatic N) is 3. The normalized spacial score (nSPS) is 17.0. The zero-order valence-electron chi connectivity index (χ0n) is 50.4. The van der Waals surface area contributed by atoms with Gasteiger partial charge < -0.3 is 13.7 Å². The van der Waals surface area contributed by atoms with Crippen molar-refractivity contribution in [2.45, 2.75) is 0 Å². The van der Waals surface area contributed by atoms with Crippen LogP contribution in [0.1, 0.15) is 28.8 Å². The minimum absolute atomic E-state index is 0.140. The smallest absolute Gasteiger partial charge is 0.0782 e. The van der Waals surface area contributed by atoms with E-state index in [1.165, 1.54) is 9.13 Å². The van der Waals surface area contributed by atoms with E-state index in [1.807, 2.05) is 36.4 Å². The van der Waals surface area contributed by atoms with Gasteiger partial charge in [-0.3, -0.25) is 0 Å². The Labute approximate surface area is 359 Å². The highest BCUT2D eigenvalue weighted by Crippen LogP contribution is 2.41. The number of hydrogen-bond acceptors (Lipinski definition) is 0.